The van der Waals surface area contributed by atoms with Gasteiger partial charge in [0.2, 0.25) is 5.91 Å². The molecule has 0 radical (unpaired) electrons. The first kappa shape index (κ1) is 17.9. The summed E-state index contributed by atoms with van der Waals surface area (Å²) >= 11 is 0. The lowest BCUT2D eigenvalue weighted by Crippen LogP contribution is -2.36. The summed E-state index contributed by atoms with van der Waals surface area (Å²) in [5.74, 6) is 1.12. The summed E-state index contributed by atoms with van der Waals surface area (Å²) in [6.45, 7) is 13.9. The zero-order valence-corrected chi connectivity index (χ0v) is 12.2. The van der Waals surface area contributed by atoms with E-state index in [1.807, 2.05) is 32.6 Å². The Hall–Kier alpha value is -0.530. The first-order valence-corrected chi connectivity index (χ1v) is 6.99. The molecule has 0 N–H and O–H groups in total. The number of piperidine rings is 1. The first-order valence-electron chi connectivity index (χ1n) is 6.99. The minimum absolute atomic E-state index is 0.241. The van der Waals surface area contributed by atoms with Gasteiger partial charge in [-0.15, -0.1) is 0 Å². The van der Waals surface area contributed by atoms with Gasteiger partial charge < -0.3 is 4.90 Å². The summed E-state index contributed by atoms with van der Waals surface area (Å²) in [7, 11) is 0. The van der Waals surface area contributed by atoms with Crippen LogP contribution >= 0.6 is 0 Å². The predicted octanol–water partition coefficient (Wildman–Crippen LogP) is 4.10. The number of rotatable bonds is 2. The number of carbonyl (C=O) groups is 1. The van der Waals surface area contributed by atoms with Crippen LogP contribution in [0.4, 0.5) is 0 Å². The fourth-order valence-electron chi connectivity index (χ4n) is 1.94. The molecule has 16 heavy (non-hydrogen) atoms. The van der Waals surface area contributed by atoms with Crippen molar-refractivity contribution in [1.29, 1.82) is 0 Å². The van der Waals surface area contributed by atoms with Gasteiger partial charge >= 0.3 is 0 Å². The van der Waals surface area contributed by atoms with Crippen LogP contribution in [-0.4, -0.2) is 23.9 Å². The summed E-state index contributed by atoms with van der Waals surface area (Å²) in [5, 5.41) is 0. The highest BCUT2D eigenvalue weighted by molar-refractivity contribution is 5.73. The Kier molecular flexibility index (Phi) is 14.0. The molecule has 0 aromatic heterocycles. The highest BCUT2D eigenvalue weighted by Gasteiger charge is 2.19. The van der Waals surface area contributed by atoms with Gasteiger partial charge in [-0.3, -0.25) is 4.79 Å². The van der Waals surface area contributed by atoms with E-state index in [-0.39, 0.29) is 5.91 Å². The second-order valence-corrected chi connectivity index (χ2v) is 3.74. The monoisotopic (exact) mass is 229 g/mol. The molecule has 0 spiro atoms. The van der Waals surface area contributed by atoms with Gasteiger partial charge in [0.15, 0.2) is 0 Å². The van der Waals surface area contributed by atoms with Gasteiger partial charge in [0, 0.05) is 20.0 Å². The highest BCUT2D eigenvalue weighted by Crippen LogP contribution is 2.21. The number of hydrogen-bond acceptors (Lipinski definition) is 1. The average Bonchev–Trinajstić information content (AvgIpc) is 2.35. The summed E-state index contributed by atoms with van der Waals surface area (Å²) < 4.78 is 0. The van der Waals surface area contributed by atoms with Crippen LogP contribution in [0.1, 0.15) is 67.2 Å². The van der Waals surface area contributed by atoms with Crippen molar-refractivity contribution in [1.82, 2.24) is 4.90 Å². The van der Waals surface area contributed by atoms with Crippen molar-refractivity contribution in [3.63, 3.8) is 0 Å². The number of amides is 1. The average molecular weight is 229 g/mol. The van der Waals surface area contributed by atoms with E-state index in [2.05, 4.69) is 6.92 Å². The fourth-order valence-corrected chi connectivity index (χ4v) is 1.94. The van der Waals surface area contributed by atoms with Crippen LogP contribution in [0.25, 0.3) is 0 Å². The van der Waals surface area contributed by atoms with Crippen LogP contribution < -0.4 is 0 Å². The molecule has 1 rings (SSSR count). The topological polar surface area (TPSA) is 20.3 Å². The second kappa shape index (κ2) is 12.5. The van der Waals surface area contributed by atoms with Crippen molar-refractivity contribution in [2.75, 3.05) is 13.1 Å². The lowest BCUT2D eigenvalue weighted by molar-refractivity contribution is -0.130. The molecular weight excluding hydrogens is 198 g/mol. The summed E-state index contributed by atoms with van der Waals surface area (Å²) in [5.41, 5.74) is 0. The van der Waals surface area contributed by atoms with Crippen LogP contribution in [0.2, 0.25) is 0 Å². The normalized spacial score (nSPS) is 15.5. The third kappa shape index (κ3) is 7.72. The van der Waals surface area contributed by atoms with Crippen molar-refractivity contribution in [3.8, 4) is 0 Å². The maximum atomic E-state index is 11.0. The molecule has 0 aromatic rings. The molecule has 1 aliphatic rings. The van der Waals surface area contributed by atoms with E-state index in [4.69, 9.17) is 0 Å². The summed E-state index contributed by atoms with van der Waals surface area (Å²) in [6.07, 6.45) is 5.05. The number of likely N-dealkylation sites (tertiary alicyclic amines) is 1. The van der Waals surface area contributed by atoms with E-state index in [1.165, 1.54) is 25.7 Å². The lowest BCUT2D eigenvalue weighted by Gasteiger charge is -2.31. The smallest absolute Gasteiger partial charge is 0.219 e. The molecule has 0 atom stereocenters. The van der Waals surface area contributed by atoms with E-state index in [0.717, 1.165) is 19.0 Å². The molecule has 2 nitrogen and oxygen atoms in total. The molecule has 1 fully saturated rings. The van der Waals surface area contributed by atoms with E-state index in [0.29, 0.717) is 0 Å². The summed E-state index contributed by atoms with van der Waals surface area (Å²) in [6, 6.07) is 0. The number of hydrogen-bond donors (Lipinski definition) is 0. The molecular formula is C14H31NO. The molecule has 98 valence electrons. The van der Waals surface area contributed by atoms with Gasteiger partial charge in [0.05, 0.1) is 0 Å². The van der Waals surface area contributed by atoms with Crippen LogP contribution in [0, 0.1) is 5.92 Å². The molecule has 0 saturated carbocycles. The fraction of sp³-hybridized carbons (Fsp3) is 0.929. The van der Waals surface area contributed by atoms with Gasteiger partial charge in [0.1, 0.15) is 0 Å². The van der Waals surface area contributed by atoms with E-state index in [1.54, 1.807) is 6.92 Å². The van der Waals surface area contributed by atoms with Crippen molar-refractivity contribution in [3.05, 3.63) is 0 Å². The largest absolute Gasteiger partial charge is 0.343 e. The Bertz CT molecular complexity index is 149. The number of carbonyl (C=O) groups excluding carboxylic acids is 1. The van der Waals surface area contributed by atoms with Crippen LogP contribution in [0.3, 0.4) is 0 Å². The Balaban J connectivity index is 0. The molecule has 0 aliphatic carbocycles. The minimum atomic E-state index is 0.241. The molecule has 1 heterocycles. The van der Waals surface area contributed by atoms with E-state index < -0.39 is 0 Å². The van der Waals surface area contributed by atoms with Gasteiger partial charge in [-0.2, -0.15) is 0 Å². The molecule has 1 amide bonds. The van der Waals surface area contributed by atoms with Crippen LogP contribution in [-0.2, 0) is 4.79 Å². The maximum Gasteiger partial charge on any atom is 0.219 e. The number of nitrogens with zero attached hydrogens (tertiary/aromatic N) is 1. The van der Waals surface area contributed by atoms with Crippen molar-refractivity contribution in [2.24, 2.45) is 5.92 Å². The minimum Gasteiger partial charge on any atom is -0.343 e. The SMILES string of the molecule is CC.CC.CCCC1CCN(C(C)=O)CC1. The van der Waals surface area contributed by atoms with Crippen molar-refractivity contribution in [2.45, 2.75) is 67.2 Å². The predicted molar refractivity (Wildman–Crippen MR) is 72.6 cm³/mol. The van der Waals surface area contributed by atoms with Crippen LogP contribution in [0.15, 0.2) is 0 Å². The molecule has 0 unspecified atom stereocenters. The molecule has 1 aliphatic heterocycles. The van der Waals surface area contributed by atoms with E-state index >= 15 is 0 Å². The Morgan fingerprint density at radius 3 is 1.88 bits per heavy atom. The lowest BCUT2D eigenvalue weighted by atomic mass is 9.92. The zero-order valence-electron chi connectivity index (χ0n) is 12.2. The Morgan fingerprint density at radius 1 is 1.12 bits per heavy atom. The van der Waals surface area contributed by atoms with Gasteiger partial charge in [-0.25, -0.2) is 0 Å². The second-order valence-electron chi connectivity index (χ2n) is 3.74. The zero-order chi connectivity index (χ0) is 13.0. The quantitative estimate of drug-likeness (QED) is 0.698. The van der Waals surface area contributed by atoms with Crippen LogP contribution in [0.5, 0.6) is 0 Å². The standard InChI is InChI=1S/C10H19NO.2C2H6/c1-3-4-10-5-7-11(8-6-10)9(2)12;2*1-2/h10H,3-8H2,1-2H3;2*1-2H3. The highest BCUT2D eigenvalue weighted by atomic mass is 16.2. The maximum absolute atomic E-state index is 11.0. The molecule has 2 heteroatoms. The van der Waals surface area contributed by atoms with Crippen molar-refractivity contribution < 1.29 is 4.79 Å². The van der Waals surface area contributed by atoms with E-state index in [9.17, 15) is 4.79 Å². The van der Waals surface area contributed by atoms with Gasteiger partial charge in [0.25, 0.3) is 0 Å². The third-order valence-corrected chi connectivity index (χ3v) is 2.76. The third-order valence-electron chi connectivity index (χ3n) is 2.76. The summed E-state index contributed by atoms with van der Waals surface area (Å²) in [4.78, 5) is 13.0. The Labute approximate surface area is 102 Å². The first-order chi connectivity index (χ1) is 7.74. The van der Waals surface area contributed by atoms with Crippen molar-refractivity contribution >= 4 is 5.91 Å². The van der Waals surface area contributed by atoms with Gasteiger partial charge in [-0.05, 0) is 18.8 Å². The Morgan fingerprint density at radius 2 is 1.56 bits per heavy atom. The molecule has 0 bridgehead atoms. The van der Waals surface area contributed by atoms with Gasteiger partial charge in [-0.1, -0.05) is 47.5 Å². The molecule has 0 aromatic carbocycles. The molecule has 1 saturated heterocycles.